The number of nitrogens with zero attached hydrogens (tertiary/aromatic N) is 3. The molecule has 2 heterocycles. The minimum absolute atomic E-state index is 0.0516. The third-order valence-corrected chi connectivity index (χ3v) is 4.30. The first-order valence-corrected chi connectivity index (χ1v) is 7.71. The van der Waals surface area contributed by atoms with Gasteiger partial charge in [0.25, 0.3) is 0 Å². The van der Waals surface area contributed by atoms with Crippen molar-refractivity contribution in [1.82, 2.24) is 9.88 Å². The summed E-state index contributed by atoms with van der Waals surface area (Å²) in [5.41, 5.74) is 1.90. The number of hydrogen-bond acceptors (Lipinski definition) is 4. The fourth-order valence-corrected chi connectivity index (χ4v) is 2.97. The van der Waals surface area contributed by atoms with Gasteiger partial charge < -0.3 is 14.9 Å². The Hall–Kier alpha value is -1.65. The zero-order chi connectivity index (χ0) is 14.7. The van der Waals surface area contributed by atoms with E-state index in [4.69, 9.17) is 4.98 Å². The number of hydrogen-bond donors (Lipinski definition) is 1. The van der Waals surface area contributed by atoms with Gasteiger partial charge >= 0.3 is 0 Å². The molecule has 3 rings (SSSR count). The van der Waals surface area contributed by atoms with E-state index < -0.39 is 0 Å². The van der Waals surface area contributed by atoms with E-state index in [-0.39, 0.29) is 6.61 Å². The molecule has 0 amide bonds. The number of rotatable bonds is 5. The van der Waals surface area contributed by atoms with Crippen molar-refractivity contribution in [3.05, 3.63) is 35.9 Å². The number of benzene rings is 1. The third kappa shape index (κ3) is 3.17. The van der Waals surface area contributed by atoms with E-state index in [1.807, 2.05) is 30.3 Å². The van der Waals surface area contributed by atoms with Crippen LogP contribution in [0.15, 0.2) is 30.3 Å². The molecule has 1 N–H and O–H groups in total. The summed E-state index contributed by atoms with van der Waals surface area (Å²) < 4.78 is 0. The molecule has 0 radical (unpaired) electrons. The molecule has 1 fully saturated rings. The topological polar surface area (TPSA) is 39.6 Å². The number of likely N-dealkylation sites (N-methyl/N-ethyl adjacent to an activating group) is 1. The first-order chi connectivity index (χ1) is 10.3. The van der Waals surface area contributed by atoms with Crippen LogP contribution in [0.3, 0.4) is 0 Å². The molecule has 1 aliphatic heterocycles. The summed E-state index contributed by atoms with van der Waals surface area (Å²) in [7, 11) is 2.08. The maximum atomic E-state index is 9.59. The number of aliphatic hydroxyl groups is 1. The number of pyridine rings is 1. The SMILES string of the molecule is CN(CCN1CCCC1)c1cc(CO)c2ccccc2n1. The average molecular weight is 285 g/mol. The number of aliphatic hydroxyl groups excluding tert-OH is 1. The first-order valence-electron chi connectivity index (χ1n) is 7.71. The molecule has 1 aromatic carbocycles. The van der Waals surface area contributed by atoms with Gasteiger partial charge in [0.2, 0.25) is 0 Å². The van der Waals surface area contributed by atoms with Gasteiger partial charge in [0.15, 0.2) is 0 Å². The van der Waals surface area contributed by atoms with Gasteiger partial charge in [-0.1, -0.05) is 18.2 Å². The fraction of sp³-hybridized carbons (Fsp3) is 0.471. The molecule has 1 saturated heterocycles. The summed E-state index contributed by atoms with van der Waals surface area (Å²) in [5, 5.41) is 10.6. The van der Waals surface area contributed by atoms with Crippen LogP contribution in [0, 0.1) is 0 Å². The van der Waals surface area contributed by atoms with Gasteiger partial charge in [0.05, 0.1) is 12.1 Å². The molecule has 0 saturated carbocycles. The Balaban J connectivity index is 1.78. The molecule has 4 nitrogen and oxygen atoms in total. The summed E-state index contributed by atoms with van der Waals surface area (Å²) in [6, 6.07) is 10.0. The van der Waals surface area contributed by atoms with Crippen molar-refractivity contribution < 1.29 is 5.11 Å². The van der Waals surface area contributed by atoms with E-state index >= 15 is 0 Å². The lowest BCUT2D eigenvalue weighted by molar-refractivity contribution is 0.283. The number of para-hydroxylation sites is 1. The molecule has 1 aromatic heterocycles. The molecule has 0 unspecified atom stereocenters. The van der Waals surface area contributed by atoms with Crippen LogP contribution in [-0.2, 0) is 6.61 Å². The molecule has 21 heavy (non-hydrogen) atoms. The normalized spacial score (nSPS) is 15.7. The molecule has 2 aromatic rings. The van der Waals surface area contributed by atoms with Crippen LogP contribution in [0.25, 0.3) is 10.9 Å². The van der Waals surface area contributed by atoms with Crippen molar-refractivity contribution in [3.8, 4) is 0 Å². The maximum Gasteiger partial charge on any atom is 0.129 e. The van der Waals surface area contributed by atoms with Crippen LogP contribution in [0.5, 0.6) is 0 Å². The molecular weight excluding hydrogens is 262 g/mol. The van der Waals surface area contributed by atoms with Crippen LogP contribution in [-0.4, -0.2) is 48.2 Å². The van der Waals surface area contributed by atoms with E-state index in [2.05, 4.69) is 16.8 Å². The summed E-state index contributed by atoms with van der Waals surface area (Å²) in [6.07, 6.45) is 2.65. The van der Waals surface area contributed by atoms with Crippen molar-refractivity contribution in [2.45, 2.75) is 19.4 Å². The molecular formula is C17H23N3O. The van der Waals surface area contributed by atoms with E-state index in [1.54, 1.807) is 0 Å². The standard InChI is InChI=1S/C17H23N3O/c1-19(10-11-20-8-4-5-9-20)17-12-14(13-21)15-6-2-3-7-16(15)18-17/h2-3,6-7,12,21H,4-5,8-11,13H2,1H3. The molecule has 1 aliphatic rings. The Morgan fingerprint density at radius 2 is 2.00 bits per heavy atom. The Morgan fingerprint density at radius 3 is 2.76 bits per heavy atom. The summed E-state index contributed by atoms with van der Waals surface area (Å²) in [4.78, 5) is 9.41. The van der Waals surface area contributed by atoms with Crippen LogP contribution in [0.1, 0.15) is 18.4 Å². The monoisotopic (exact) mass is 285 g/mol. The minimum atomic E-state index is 0.0516. The zero-order valence-corrected chi connectivity index (χ0v) is 12.6. The molecule has 0 bridgehead atoms. The molecule has 112 valence electrons. The van der Waals surface area contributed by atoms with Crippen molar-refractivity contribution in [2.24, 2.45) is 0 Å². The number of likely N-dealkylation sites (tertiary alicyclic amines) is 1. The van der Waals surface area contributed by atoms with Crippen LogP contribution >= 0.6 is 0 Å². The Morgan fingerprint density at radius 1 is 1.24 bits per heavy atom. The van der Waals surface area contributed by atoms with Gasteiger partial charge in [-0.2, -0.15) is 0 Å². The lowest BCUT2D eigenvalue weighted by atomic mass is 10.1. The number of fused-ring (bicyclic) bond motifs is 1. The maximum absolute atomic E-state index is 9.59. The molecule has 0 aliphatic carbocycles. The lowest BCUT2D eigenvalue weighted by Crippen LogP contribution is -2.31. The smallest absolute Gasteiger partial charge is 0.129 e. The van der Waals surface area contributed by atoms with E-state index in [0.29, 0.717) is 0 Å². The van der Waals surface area contributed by atoms with Gasteiger partial charge in [-0.3, -0.25) is 0 Å². The molecule has 4 heteroatoms. The van der Waals surface area contributed by atoms with E-state index in [1.165, 1.54) is 25.9 Å². The minimum Gasteiger partial charge on any atom is -0.392 e. The third-order valence-electron chi connectivity index (χ3n) is 4.30. The number of aromatic nitrogens is 1. The predicted octanol–water partition coefficient (Wildman–Crippen LogP) is 2.26. The van der Waals surface area contributed by atoms with E-state index in [9.17, 15) is 5.11 Å². The second-order valence-corrected chi connectivity index (χ2v) is 5.79. The Labute approximate surface area is 126 Å². The largest absolute Gasteiger partial charge is 0.392 e. The highest BCUT2D eigenvalue weighted by Crippen LogP contribution is 2.22. The average Bonchev–Trinajstić information content (AvgIpc) is 3.04. The quantitative estimate of drug-likeness (QED) is 0.914. The van der Waals surface area contributed by atoms with Crippen LogP contribution in [0.2, 0.25) is 0 Å². The predicted molar refractivity (Wildman–Crippen MR) is 86.6 cm³/mol. The first kappa shape index (κ1) is 14.3. The zero-order valence-electron chi connectivity index (χ0n) is 12.6. The van der Waals surface area contributed by atoms with Crippen molar-refractivity contribution in [3.63, 3.8) is 0 Å². The van der Waals surface area contributed by atoms with Gasteiger partial charge in [-0.15, -0.1) is 0 Å². The van der Waals surface area contributed by atoms with Crippen molar-refractivity contribution in [1.29, 1.82) is 0 Å². The van der Waals surface area contributed by atoms with Crippen LogP contribution in [0.4, 0.5) is 5.82 Å². The summed E-state index contributed by atoms with van der Waals surface area (Å²) >= 11 is 0. The lowest BCUT2D eigenvalue weighted by Gasteiger charge is -2.23. The fourth-order valence-electron chi connectivity index (χ4n) is 2.97. The van der Waals surface area contributed by atoms with Crippen molar-refractivity contribution in [2.75, 3.05) is 38.1 Å². The molecule has 0 atom stereocenters. The summed E-state index contributed by atoms with van der Waals surface area (Å²) in [5.74, 6) is 0.942. The Kier molecular flexibility index (Phi) is 4.36. The number of anilines is 1. The van der Waals surface area contributed by atoms with Gasteiger partial charge in [-0.25, -0.2) is 4.98 Å². The summed E-state index contributed by atoms with van der Waals surface area (Å²) in [6.45, 7) is 4.55. The highest BCUT2D eigenvalue weighted by molar-refractivity contribution is 5.84. The van der Waals surface area contributed by atoms with Gasteiger partial charge in [0, 0.05) is 25.5 Å². The Bertz CT molecular complexity index is 608. The van der Waals surface area contributed by atoms with Gasteiger partial charge in [-0.05, 0) is 43.6 Å². The van der Waals surface area contributed by atoms with Crippen LogP contribution < -0.4 is 4.90 Å². The second-order valence-electron chi connectivity index (χ2n) is 5.79. The van der Waals surface area contributed by atoms with E-state index in [0.717, 1.165) is 35.4 Å². The molecule has 0 spiro atoms. The van der Waals surface area contributed by atoms with Gasteiger partial charge in [0.1, 0.15) is 5.82 Å². The second kappa shape index (κ2) is 6.41. The highest BCUT2D eigenvalue weighted by Gasteiger charge is 2.13. The highest BCUT2D eigenvalue weighted by atomic mass is 16.3. The van der Waals surface area contributed by atoms with Crippen molar-refractivity contribution >= 4 is 16.7 Å².